The third-order valence-corrected chi connectivity index (χ3v) is 3.04. The van der Waals surface area contributed by atoms with E-state index in [2.05, 4.69) is 23.0 Å². The maximum absolute atomic E-state index is 11.5. The van der Waals surface area contributed by atoms with E-state index in [0.717, 1.165) is 27.5 Å². The Kier molecular flexibility index (Phi) is 1.72. The molecule has 0 aliphatic rings. The molecule has 0 unspecified atom stereocenters. The number of aromatic amines is 2. The van der Waals surface area contributed by atoms with Crippen molar-refractivity contribution >= 4 is 21.8 Å². The van der Waals surface area contributed by atoms with Crippen molar-refractivity contribution in [1.82, 2.24) is 9.97 Å². The minimum absolute atomic E-state index is 0.0487. The van der Waals surface area contributed by atoms with Crippen LogP contribution in [0.25, 0.3) is 21.8 Å². The minimum atomic E-state index is -0.0487. The van der Waals surface area contributed by atoms with Gasteiger partial charge in [0.1, 0.15) is 0 Å². The summed E-state index contributed by atoms with van der Waals surface area (Å²) < 4.78 is 0. The summed E-state index contributed by atoms with van der Waals surface area (Å²) in [6, 6.07) is 7.77. The summed E-state index contributed by atoms with van der Waals surface area (Å²) in [4.78, 5) is 17.6. The number of fused-ring (bicyclic) bond motifs is 3. The SMILES string of the molecule is Cc1cccc2c1[nH]c1c(C)[nH]c(=O)cc12. The Morgan fingerprint density at radius 2 is 1.81 bits per heavy atom. The highest BCUT2D eigenvalue weighted by atomic mass is 16.1. The smallest absolute Gasteiger partial charge is 0.248 e. The number of para-hydroxylation sites is 1. The van der Waals surface area contributed by atoms with Gasteiger partial charge < -0.3 is 9.97 Å². The minimum Gasteiger partial charge on any atom is -0.353 e. The van der Waals surface area contributed by atoms with Gasteiger partial charge in [-0.1, -0.05) is 18.2 Å². The molecule has 0 bridgehead atoms. The number of aryl methyl sites for hydroxylation is 2. The standard InChI is InChI=1S/C13H12N2O/c1-7-4-3-5-9-10-6-11(16)14-8(2)13(10)15-12(7)9/h3-6,15H,1-2H3,(H,14,16). The first-order valence-electron chi connectivity index (χ1n) is 5.28. The summed E-state index contributed by atoms with van der Waals surface area (Å²) in [5, 5.41) is 2.11. The van der Waals surface area contributed by atoms with Crippen molar-refractivity contribution in [2.45, 2.75) is 13.8 Å². The monoisotopic (exact) mass is 212 g/mol. The molecule has 3 aromatic rings. The molecule has 0 saturated carbocycles. The van der Waals surface area contributed by atoms with Gasteiger partial charge >= 0.3 is 0 Å². The number of hydrogen-bond donors (Lipinski definition) is 2. The number of pyridine rings is 1. The van der Waals surface area contributed by atoms with Crippen LogP contribution < -0.4 is 5.56 Å². The first-order chi connectivity index (χ1) is 7.66. The molecule has 0 spiro atoms. The normalized spacial score (nSPS) is 11.4. The lowest BCUT2D eigenvalue weighted by Gasteiger charge is -1.94. The van der Waals surface area contributed by atoms with Crippen molar-refractivity contribution in [3.05, 3.63) is 45.9 Å². The fraction of sp³-hybridized carbons (Fsp3) is 0.154. The molecule has 0 fully saturated rings. The van der Waals surface area contributed by atoms with Gasteiger partial charge in [0.25, 0.3) is 0 Å². The fourth-order valence-electron chi connectivity index (χ4n) is 2.25. The van der Waals surface area contributed by atoms with E-state index in [0.29, 0.717) is 0 Å². The molecule has 0 aliphatic carbocycles. The van der Waals surface area contributed by atoms with Crippen molar-refractivity contribution in [2.24, 2.45) is 0 Å². The van der Waals surface area contributed by atoms with E-state index >= 15 is 0 Å². The highest BCUT2D eigenvalue weighted by Gasteiger charge is 2.08. The van der Waals surface area contributed by atoms with E-state index in [9.17, 15) is 4.79 Å². The Morgan fingerprint density at radius 3 is 2.62 bits per heavy atom. The molecule has 0 amide bonds. The summed E-state index contributed by atoms with van der Waals surface area (Å²) in [7, 11) is 0. The quantitative estimate of drug-likeness (QED) is 0.591. The molecule has 16 heavy (non-hydrogen) atoms. The predicted molar refractivity (Wildman–Crippen MR) is 65.9 cm³/mol. The van der Waals surface area contributed by atoms with Crippen molar-refractivity contribution in [3.8, 4) is 0 Å². The van der Waals surface area contributed by atoms with Gasteiger partial charge in [-0.3, -0.25) is 4.79 Å². The fourth-order valence-corrected chi connectivity index (χ4v) is 2.25. The van der Waals surface area contributed by atoms with Gasteiger partial charge in [-0.25, -0.2) is 0 Å². The molecule has 3 nitrogen and oxygen atoms in total. The number of hydrogen-bond acceptors (Lipinski definition) is 1. The van der Waals surface area contributed by atoms with Gasteiger partial charge in [0.15, 0.2) is 0 Å². The molecule has 0 saturated heterocycles. The van der Waals surface area contributed by atoms with Crippen LogP contribution in [0.2, 0.25) is 0 Å². The molecule has 1 aromatic carbocycles. The van der Waals surface area contributed by atoms with Crippen molar-refractivity contribution in [3.63, 3.8) is 0 Å². The molecule has 2 aromatic heterocycles. The third-order valence-electron chi connectivity index (χ3n) is 3.04. The van der Waals surface area contributed by atoms with Crippen LogP contribution in [0.15, 0.2) is 29.1 Å². The van der Waals surface area contributed by atoms with E-state index < -0.39 is 0 Å². The molecule has 80 valence electrons. The summed E-state index contributed by atoms with van der Waals surface area (Å²) in [5.41, 5.74) is 4.16. The lowest BCUT2D eigenvalue weighted by Crippen LogP contribution is -2.04. The van der Waals surface area contributed by atoms with Gasteiger partial charge in [-0.2, -0.15) is 0 Å². The zero-order chi connectivity index (χ0) is 11.3. The van der Waals surface area contributed by atoms with Crippen molar-refractivity contribution in [1.29, 1.82) is 0 Å². The second-order valence-electron chi connectivity index (χ2n) is 4.17. The van der Waals surface area contributed by atoms with Gasteiger partial charge in [-0.05, 0) is 19.4 Å². The summed E-state index contributed by atoms with van der Waals surface area (Å²) in [5.74, 6) is 0. The Balaban J connectivity index is 2.66. The van der Waals surface area contributed by atoms with Crippen molar-refractivity contribution in [2.75, 3.05) is 0 Å². The number of rotatable bonds is 0. The molecule has 3 heteroatoms. The maximum Gasteiger partial charge on any atom is 0.248 e. The van der Waals surface area contributed by atoms with Crippen LogP contribution in [0.1, 0.15) is 11.3 Å². The Labute approximate surface area is 92.1 Å². The van der Waals surface area contributed by atoms with E-state index in [4.69, 9.17) is 0 Å². The van der Waals surface area contributed by atoms with Crippen LogP contribution in [-0.4, -0.2) is 9.97 Å². The first kappa shape index (κ1) is 9.21. The largest absolute Gasteiger partial charge is 0.353 e. The second kappa shape index (κ2) is 2.98. The molecule has 2 heterocycles. The average molecular weight is 212 g/mol. The molecule has 0 radical (unpaired) electrons. The van der Waals surface area contributed by atoms with Crippen molar-refractivity contribution < 1.29 is 0 Å². The van der Waals surface area contributed by atoms with E-state index in [1.807, 2.05) is 19.1 Å². The van der Waals surface area contributed by atoms with Gasteiger partial charge in [0, 0.05) is 28.0 Å². The summed E-state index contributed by atoms with van der Waals surface area (Å²) in [6.45, 7) is 3.98. The van der Waals surface area contributed by atoms with Gasteiger partial charge in [0.2, 0.25) is 5.56 Å². The maximum atomic E-state index is 11.5. The van der Waals surface area contributed by atoms with E-state index in [-0.39, 0.29) is 5.56 Å². The van der Waals surface area contributed by atoms with Crippen LogP contribution in [-0.2, 0) is 0 Å². The summed E-state index contributed by atoms with van der Waals surface area (Å²) in [6.07, 6.45) is 0. The Bertz CT molecular complexity index is 750. The average Bonchev–Trinajstić information content (AvgIpc) is 2.59. The Hall–Kier alpha value is -2.03. The molecule has 0 aliphatic heterocycles. The van der Waals surface area contributed by atoms with Crippen LogP contribution in [0.3, 0.4) is 0 Å². The van der Waals surface area contributed by atoms with E-state index in [1.54, 1.807) is 6.07 Å². The second-order valence-corrected chi connectivity index (χ2v) is 4.17. The molecule has 0 atom stereocenters. The predicted octanol–water partition coefficient (Wildman–Crippen LogP) is 2.63. The Morgan fingerprint density at radius 1 is 1.00 bits per heavy atom. The lowest BCUT2D eigenvalue weighted by atomic mass is 10.1. The van der Waals surface area contributed by atoms with Crippen LogP contribution in [0.5, 0.6) is 0 Å². The molecular weight excluding hydrogens is 200 g/mol. The topological polar surface area (TPSA) is 48.6 Å². The number of nitrogens with one attached hydrogen (secondary N) is 2. The molecule has 2 N–H and O–H groups in total. The summed E-state index contributed by atoms with van der Waals surface area (Å²) >= 11 is 0. The highest BCUT2D eigenvalue weighted by Crippen LogP contribution is 2.27. The van der Waals surface area contributed by atoms with Crippen LogP contribution >= 0.6 is 0 Å². The van der Waals surface area contributed by atoms with E-state index in [1.165, 1.54) is 5.56 Å². The number of H-pyrrole nitrogens is 2. The zero-order valence-corrected chi connectivity index (χ0v) is 9.22. The zero-order valence-electron chi connectivity index (χ0n) is 9.22. The van der Waals surface area contributed by atoms with Gasteiger partial charge in [-0.15, -0.1) is 0 Å². The molecular formula is C13H12N2O. The number of aromatic nitrogens is 2. The third kappa shape index (κ3) is 1.11. The number of benzene rings is 1. The molecule has 3 rings (SSSR count). The lowest BCUT2D eigenvalue weighted by molar-refractivity contribution is 1.16. The van der Waals surface area contributed by atoms with Gasteiger partial charge in [0.05, 0.1) is 5.52 Å². The van der Waals surface area contributed by atoms with Crippen LogP contribution in [0.4, 0.5) is 0 Å². The highest BCUT2D eigenvalue weighted by molar-refractivity contribution is 6.08. The van der Waals surface area contributed by atoms with Crippen LogP contribution in [0, 0.1) is 13.8 Å². The first-order valence-corrected chi connectivity index (χ1v) is 5.28.